The van der Waals surface area contributed by atoms with Crippen molar-refractivity contribution in [2.75, 3.05) is 5.73 Å². The molecule has 1 aliphatic rings. The first kappa shape index (κ1) is 14.4. The van der Waals surface area contributed by atoms with Crippen molar-refractivity contribution in [2.24, 2.45) is 0 Å². The van der Waals surface area contributed by atoms with Gasteiger partial charge in [-0.05, 0) is 48.1 Å². The zero-order valence-electron chi connectivity index (χ0n) is 12.5. The number of fused-ring (bicyclic) bond motifs is 1. The van der Waals surface area contributed by atoms with Crippen LogP contribution in [0.5, 0.6) is 0 Å². The standard InChI is InChI=1S/C18H21N3O/c19-15-9-10-16-14(11-15)7-4-8-17(16)21-18(22)20-12-13-5-2-1-3-6-13/h1-3,5-6,9-11,17H,4,7-8,12,19H2,(H2,20,21,22). The number of nitrogen functional groups attached to an aromatic ring is 1. The van der Waals surface area contributed by atoms with Crippen LogP contribution < -0.4 is 16.4 Å². The number of benzene rings is 2. The summed E-state index contributed by atoms with van der Waals surface area (Å²) in [4.78, 5) is 12.1. The maximum Gasteiger partial charge on any atom is 0.315 e. The minimum absolute atomic E-state index is 0.0696. The van der Waals surface area contributed by atoms with Crippen molar-refractivity contribution in [3.63, 3.8) is 0 Å². The van der Waals surface area contributed by atoms with E-state index in [2.05, 4.69) is 10.6 Å². The Morgan fingerprint density at radius 3 is 2.82 bits per heavy atom. The van der Waals surface area contributed by atoms with Gasteiger partial charge in [-0.3, -0.25) is 0 Å². The number of hydrogen-bond donors (Lipinski definition) is 3. The minimum Gasteiger partial charge on any atom is -0.399 e. The van der Waals surface area contributed by atoms with Gasteiger partial charge in [-0.15, -0.1) is 0 Å². The van der Waals surface area contributed by atoms with E-state index in [1.165, 1.54) is 11.1 Å². The Hall–Kier alpha value is -2.49. The molecule has 2 aromatic rings. The van der Waals surface area contributed by atoms with Crippen LogP contribution in [0, 0.1) is 0 Å². The smallest absolute Gasteiger partial charge is 0.315 e. The SMILES string of the molecule is Nc1ccc2c(c1)CCCC2NC(=O)NCc1ccccc1. The van der Waals surface area contributed by atoms with Crippen LogP contribution in [-0.2, 0) is 13.0 Å². The fourth-order valence-electron chi connectivity index (χ4n) is 2.97. The molecule has 4 N–H and O–H groups in total. The first-order valence-electron chi connectivity index (χ1n) is 7.69. The molecule has 0 saturated carbocycles. The van der Waals surface area contributed by atoms with Crippen LogP contribution in [0.4, 0.5) is 10.5 Å². The van der Waals surface area contributed by atoms with Gasteiger partial charge in [-0.1, -0.05) is 36.4 Å². The second kappa shape index (κ2) is 6.52. The normalized spacial score (nSPS) is 16.6. The molecule has 0 spiro atoms. The van der Waals surface area contributed by atoms with Gasteiger partial charge in [0.25, 0.3) is 0 Å². The third kappa shape index (κ3) is 3.39. The molecular weight excluding hydrogens is 274 g/mol. The Morgan fingerprint density at radius 1 is 1.18 bits per heavy atom. The van der Waals surface area contributed by atoms with Crippen molar-refractivity contribution in [3.05, 3.63) is 65.2 Å². The van der Waals surface area contributed by atoms with Gasteiger partial charge in [0.2, 0.25) is 0 Å². The zero-order valence-corrected chi connectivity index (χ0v) is 12.5. The summed E-state index contributed by atoms with van der Waals surface area (Å²) in [6.07, 6.45) is 3.07. The van der Waals surface area contributed by atoms with E-state index in [1.807, 2.05) is 48.5 Å². The van der Waals surface area contributed by atoms with Crippen LogP contribution in [0.1, 0.15) is 35.6 Å². The van der Waals surface area contributed by atoms with E-state index in [0.29, 0.717) is 6.54 Å². The number of amides is 2. The first-order chi connectivity index (χ1) is 10.7. The van der Waals surface area contributed by atoms with E-state index in [0.717, 1.165) is 30.5 Å². The van der Waals surface area contributed by atoms with Gasteiger partial charge in [0.1, 0.15) is 0 Å². The zero-order chi connectivity index (χ0) is 15.4. The largest absolute Gasteiger partial charge is 0.399 e. The van der Waals surface area contributed by atoms with Crippen molar-refractivity contribution < 1.29 is 4.79 Å². The Balaban J connectivity index is 1.61. The lowest BCUT2D eigenvalue weighted by molar-refractivity contribution is 0.235. The highest BCUT2D eigenvalue weighted by Crippen LogP contribution is 2.30. The maximum absolute atomic E-state index is 12.1. The molecule has 22 heavy (non-hydrogen) atoms. The summed E-state index contributed by atoms with van der Waals surface area (Å²) in [7, 11) is 0. The van der Waals surface area contributed by atoms with Gasteiger partial charge in [0.05, 0.1) is 6.04 Å². The Bertz CT molecular complexity index is 655. The summed E-state index contributed by atoms with van der Waals surface area (Å²) >= 11 is 0. The van der Waals surface area contributed by atoms with E-state index in [4.69, 9.17) is 5.73 Å². The van der Waals surface area contributed by atoms with Crippen molar-refractivity contribution >= 4 is 11.7 Å². The van der Waals surface area contributed by atoms with E-state index >= 15 is 0 Å². The molecule has 4 nitrogen and oxygen atoms in total. The molecule has 1 atom stereocenters. The molecule has 0 aliphatic heterocycles. The number of nitrogens with two attached hydrogens (primary N) is 1. The number of carbonyl (C=O) groups excluding carboxylic acids is 1. The second-order valence-corrected chi connectivity index (χ2v) is 5.72. The topological polar surface area (TPSA) is 67.1 Å². The summed E-state index contributed by atoms with van der Waals surface area (Å²) in [5.74, 6) is 0. The highest BCUT2D eigenvalue weighted by molar-refractivity contribution is 5.74. The third-order valence-electron chi connectivity index (χ3n) is 4.08. The van der Waals surface area contributed by atoms with Gasteiger partial charge >= 0.3 is 6.03 Å². The average Bonchev–Trinajstić information content (AvgIpc) is 2.54. The Labute approximate surface area is 130 Å². The van der Waals surface area contributed by atoms with Crippen LogP contribution in [-0.4, -0.2) is 6.03 Å². The maximum atomic E-state index is 12.1. The fourth-order valence-corrected chi connectivity index (χ4v) is 2.97. The number of urea groups is 1. The van der Waals surface area contributed by atoms with Crippen molar-refractivity contribution in [2.45, 2.75) is 31.8 Å². The molecule has 1 unspecified atom stereocenters. The number of hydrogen-bond acceptors (Lipinski definition) is 2. The molecule has 2 amide bonds. The van der Waals surface area contributed by atoms with Crippen LogP contribution in [0.25, 0.3) is 0 Å². The number of rotatable bonds is 3. The van der Waals surface area contributed by atoms with E-state index in [9.17, 15) is 4.79 Å². The summed E-state index contributed by atoms with van der Waals surface area (Å²) < 4.78 is 0. The highest BCUT2D eigenvalue weighted by Gasteiger charge is 2.21. The molecule has 0 aromatic heterocycles. The summed E-state index contributed by atoms with van der Waals surface area (Å²) in [6, 6.07) is 15.8. The molecule has 0 bridgehead atoms. The number of aryl methyl sites for hydroxylation is 1. The predicted octanol–water partition coefficient (Wildman–Crippen LogP) is 3.15. The first-order valence-corrected chi connectivity index (χ1v) is 7.69. The van der Waals surface area contributed by atoms with Gasteiger partial charge in [-0.2, -0.15) is 0 Å². The lowest BCUT2D eigenvalue weighted by atomic mass is 9.87. The predicted molar refractivity (Wildman–Crippen MR) is 88.3 cm³/mol. The molecule has 2 aromatic carbocycles. The molecule has 1 aliphatic carbocycles. The summed E-state index contributed by atoms with van der Waals surface area (Å²) in [6.45, 7) is 0.536. The number of nitrogens with one attached hydrogen (secondary N) is 2. The molecule has 0 radical (unpaired) electrons. The van der Waals surface area contributed by atoms with Crippen LogP contribution in [0.3, 0.4) is 0 Å². The average molecular weight is 295 g/mol. The Kier molecular flexibility index (Phi) is 4.28. The number of carbonyl (C=O) groups is 1. The van der Waals surface area contributed by atoms with Gasteiger partial charge in [0.15, 0.2) is 0 Å². The molecule has 0 fully saturated rings. The summed E-state index contributed by atoms with van der Waals surface area (Å²) in [5, 5.41) is 5.99. The number of anilines is 1. The second-order valence-electron chi connectivity index (χ2n) is 5.72. The molecule has 3 rings (SSSR count). The molecule has 114 valence electrons. The van der Waals surface area contributed by atoms with Gasteiger partial charge in [0, 0.05) is 12.2 Å². The quantitative estimate of drug-likeness (QED) is 0.761. The van der Waals surface area contributed by atoms with Crippen molar-refractivity contribution in [1.82, 2.24) is 10.6 Å². The monoisotopic (exact) mass is 295 g/mol. The van der Waals surface area contributed by atoms with Crippen molar-refractivity contribution in [3.8, 4) is 0 Å². The highest BCUT2D eigenvalue weighted by atomic mass is 16.2. The van der Waals surface area contributed by atoms with Crippen LogP contribution >= 0.6 is 0 Å². The van der Waals surface area contributed by atoms with Crippen molar-refractivity contribution in [1.29, 1.82) is 0 Å². The van der Waals surface area contributed by atoms with E-state index in [-0.39, 0.29) is 12.1 Å². The fraction of sp³-hybridized carbons (Fsp3) is 0.278. The Morgan fingerprint density at radius 2 is 2.00 bits per heavy atom. The molecular formula is C18H21N3O. The molecule has 0 saturated heterocycles. The van der Waals surface area contributed by atoms with E-state index in [1.54, 1.807) is 0 Å². The molecule has 0 heterocycles. The summed E-state index contributed by atoms with van der Waals surface area (Å²) in [5.41, 5.74) is 10.2. The van der Waals surface area contributed by atoms with Gasteiger partial charge < -0.3 is 16.4 Å². The van der Waals surface area contributed by atoms with Crippen LogP contribution in [0.15, 0.2) is 48.5 Å². The van der Waals surface area contributed by atoms with Gasteiger partial charge in [-0.25, -0.2) is 4.79 Å². The van der Waals surface area contributed by atoms with E-state index < -0.39 is 0 Å². The minimum atomic E-state index is -0.126. The third-order valence-corrected chi connectivity index (χ3v) is 4.08. The molecule has 4 heteroatoms. The lowest BCUT2D eigenvalue weighted by Gasteiger charge is -2.26. The van der Waals surface area contributed by atoms with Crippen LogP contribution in [0.2, 0.25) is 0 Å². The lowest BCUT2D eigenvalue weighted by Crippen LogP contribution is -2.38.